The molecule has 0 heterocycles. The molecule has 0 saturated heterocycles. The Morgan fingerprint density at radius 3 is 2.67 bits per heavy atom. The summed E-state index contributed by atoms with van der Waals surface area (Å²) in [5.74, 6) is 1.71. The quantitative estimate of drug-likeness (QED) is 0.686. The molecule has 118 valence electrons. The molecule has 0 aromatic heterocycles. The van der Waals surface area contributed by atoms with Crippen molar-refractivity contribution in [1.29, 1.82) is 0 Å². The van der Waals surface area contributed by atoms with Gasteiger partial charge in [-0.15, -0.1) is 0 Å². The summed E-state index contributed by atoms with van der Waals surface area (Å²) in [4.78, 5) is 0. The van der Waals surface area contributed by atoms with E-state index in [9.17, 15) is 0 Å². The van der Waals surface area contributed by atoms with Gasteiger partial charge in [-0.05, 0) is 46.9 Å². The number of halogens is 2. The van der Waals surface area contributed by atoms with Crippen LogP contribution in [-0.4, -0.2) is 13.7 Å². The maximum atomic E-state index is 6.25. The molecule has 2 nitrogen and oxygen atoms in total. The highest BCUT2D eigenvalue weighted by molar-refractivity contribution is 9.10. The van der Waals surface area contributed by atoms with E-state index in [2.05, 4.69) is 28.2 Å². The van der Waals surface area contributed by atoms with Crippen LogP contribution >= 0.6 is 27.5 Å². The van der Waals surface area contributed by atoms with Crippen molar-refractivity contribution >= 4 is 27.5 Å². The molecule has 0 bridgehead atoms. The lowest BCUT2D eigenvalue weighted by Gasteiger charge is -2.28. The van der Waals surface area contributed by atoms with Gasteiger partial charge in [-0.1, -0.05) is 50.6 Å². The molecule has 1 N–H and O–H groups in total. The van der Waals surface area contributed by atoms with E-state index in [1.54, 1.807) is 7.11 Å². The van der Waals surface area contributed by atoms with Crippen LogP contribution in [-0.2, 0) is 0 Å². The van der Waals surface area contributed by atoms with Crippen molar-refractivity contribution in [3.63, 3.8) is 0 Å². The largest absolute Gasteiger partial charge is 0.495 e. The number of nitrogens with one attached hydrogen (secondary N) is 1. The molecular formula is C17H25BrClNO. The summed E-state index contributed by atoms with van der Waals surface area (Å²) in [5.41, 5.74) is 1.17. The zero-order chi connectivity index (χ0) is 15.2. The lowest BCUT2D eigenvalue weighted by molar-refractivity contribution is 0.297. The van der Waals surface area contributed by atoms with E-state index in [-0.39, 0.29) is 0 Å². The van der Waals surface area contributed by atoms with Gasteiger partial charge in [0.25, 0.3) is 0 Å². The molecule has 1 atom stereocenters. The van der Waals surface area contributed by atoms with Crippen LogP contribution in [0, 0.1) is 5.92 Å². The molecule has 0 amide bonds. The Morgan fingerprint density at radius 1 is 1.33 bits per heavy atom. The Bertz CT molecular complexity index is 460. The normalized spacial score (nSPS) is 17.7. The Balaban J connectivity index is 2.24. The summed E-state index contributed by atoms with van der Waals surface area (Å²) in [6.07, 6.45) is 8.02. The molecule has 1 saturated carbocycles. The van der Waals surface area contributed by atoms with Crippen molar-refractivity contribution in [3.8, 4) is 5.75 Å². The molecule has 21 heavy (non-hydrogen) atoms. The predicted molar refractivity (Wildman–Crippen MR) is 93.3 cm³/mol. The SMILES string of the molecule is CCNC(CC1CCCCC1)c1cc(Cl)cc(Br)c1OC. The van der Waals surface area contributed by atoms with E-state index in [0.29, 0.717) is 6.04 Å². The van der Waals surface area contributed by atoms with Gasteiger partial charge in [0.15, 0.2) is 0 Å². The van der Waals surface area contributed by atoms with Crippen LogP contribution in [0.2, 0.25) is 5.02 Å². The maximum absolute atomic E-state index is 6.25. The summed E-state index contributed by atoms with van der Waals surface area (Å²) in [5, 5.41) is 4.37. The third-order valence-corrected chi connectivity index (χ3v) is 5.17. The van der Waals surface area contributed by atoms with Gasteiger partial charge in [-0.3, -0.25) is 0 Å². The topological polar surface area (TPSA) is 21.3 Å². The minimum atomic E-state index is 0.308. The minimum absolute atomic E-state index is 0.308. The smallest absolute Gasteiger partial charge is 0.137 e. The standard InChI is InChI=1S/C17H25BrClNO/c1-3-20-16(9-12-7-5-4-6-8-12)14-10-13(19)11-15(18)17(14)21-2/h10-12,16,20H,3-9H2,1-2H3. The van der Waals surface area contributed by atoms with Crippen LogP contribution in [0.15, 0.2) is 16.6 Å². The van der Waals surface area contributed by atoms with Crippen LogP contribution in [0.4, 0.5) is 0 Å². The van der Waals surface area contributed by atoms with Gasteiger partial charge in [-0.2, -0.15) is 0 Å². The number of hydrogen-bond donors (Lipinski definition) is 1. The zero-order valence-electron chi connectivity index (χ0n) is 12.9. The molecule has 1 aliphatic carbocycles. The van der Waals surface area contributed by atoms with Crippen LogP contribution in [0.5, 0.6) is 5.75 Å². The molecule has 1 aliphatic rings. The molecule has 1 fully saturated rings. The highest BCUT2D eigenvalue weighted by atomic mass is 79.9. The van der Waals surface area contributed by atoms with Crippen molar-refractivity contribution in [2.45, 2.75) is 51.5 Å². The second kappa shape index (κ2) is 8.40. The molecule has 2 rings (SSSR count). The van der Waals surface area contributed by atoms with Crippen molar-refractivity contribution < 1.29 is 4.74 Å². The Morgan fingerprint density at radius 2 is 2.05 bits per heavy atom. The van der Waals surface area contributed by atoms with Crippen LogP contribution in [0.1, 0.15) is 57.1 Å². The van der Waals surface area contributed by atoms with Gasteiger partial charge in [0.05, 0.1) is 11.6 Å². The summed E-state index contributed by atoms with van der Waals surface area (Å²) < 4.78 is 6.53. The third-order valence-electron chi connectivity index (χ3n) is 4.36. The molecule has 0 aliphatic heterocycles. The first kappa shape index (κ1) is 17.1. The van der Waals surface area contributed by atoms with Gasteiger partial charge in [0.2, 0.25) is 0 Å². The number of methoxy groups -OCH3 is 1. The Hall–Kier alpha value is -0.250. The predicted octanol–water partition coefficient (Wildman–Crippen LogP) is 5.73. The summed E-state index contributed by atoms with van der Waals surface area (Å²) in [6, 6.07) is 4.25. The summed E-state index contributed by atoms with van der Waals surface area (Å²) >= 11 is 9.82. The van der Waals surface area contributed by atoms with Crippen molar-refractivity contribution in [2.75, 3.05) is 13.7 Å². The Kier molecular flexibility index (Phi) is 6.84. The van der Waals surface area contributed by atoms with Gasteiger partial charge >= 0.3 is 0 Å². The second-order valence-electron chi connectivity index (χ2n) is 5.86. The lowest BCUT2D eigenvalue weighted by atomic mass is 9.83. The molecular weight excluding hydrogens is 350 g/mol. The molecule has 4 heteroatoms. The van der Waals surface area contributed by atoms with Gasteiger partial charge in [0.1, 0.15) is 5.75 Å². The maximum Gasteiger partial charge on any atom is 0.137 e. The fourth-order valence-electron chi connectivity index (χ4n) is 3.38. The second-order valence-corrected chi connectivity index (χ2v) is 7.15. The highest BCUT2D eigenvalue weighted by Crippen LogP contribution is 2.40. The molecule has 0 spiro atoms. The number of benzene rings is 1. The van der Waals surface area contributed by atoms with Gasteiger partial charge < -0.3 is 10.1 Å². The first-order chi connectivity index (χ1) is 10.2. The third kappa shape index (κ3) is 4.61. The van der Waals surface area contributed by atoms with E-state index in [4.69, 9.17) is 16.3 Å². The van der Waals surface area contributed by atoms with Crippen LogP contribution < -0.4 is 10.1 Å². The average Bonchev–Trinajstić information content (AvgIpc) is 2.47. The minimum Gasteiger partial charge on any atom is -0.495 e. The zero-order valence-corrected chi connectivity index (χ0v) is 15.3. The number of hydrogen-bond acceptors (Lipinski definition) is 2. The van der Waals surface area contributed by atoms with Crippen molar-refractivity contribution in [2.24, 2.45) is 5.92 Å². The van der Waals surface area contributed by atoms with Crippen LogP contribution in [0.25, 0.3) is 0 Å². The van der Waals surface area contributed by atoms with Gasteiger partial charge in [0, 0.05) is 16.6 Å². The first-order valence-corrected chi connectivity index (χ1v) is 9.09. The van der Waals surface area contributed by atoms with E-state index in [1.165, 1.54) is 37.7 Å². The molecule has 0 radical (unpaired) electrons. The van der Waals surface area contributed by atoms with E-state index in [1.807, 2.05) is 12.1 Å². The number of rotatable bonds is 6. The average molecular weight is 375 g/mol. The van der Waals surface area contributed by atoms with E-state index < -0.39 is 0 Å². The first-order valence-electron chi connectivity index (χ1n) is 7.92. The van der Waals surface area contributed by atoms with E-state index >= 15 is 0 Å². The Labute approximate surface area is 141 Å². The summed E-state index contributed by atoms with van der Waals surface area (Å²) in [6.45, 7) is 3.10. The monoisotopic (exact) mass is 373 g/mol. The molecule has 1 aromatic rings. The fourth-order valence-corrected chi connectivity index (χ4v) is 4.37. The van der Waals surface area contributed by atoms with Crippen molar-refractivity contribution in [1.82, 2.24) is 5.32 Å². The molecule has 1 unspecified atom stereocenters. The van der Waals surface area contributed by atoms with Crippen LogP contribution in [0.3, 0.4) is 0 Å². The fraction of sp³-hybridized carbons (Fsp3) is 0.647. The van der Waals surface area contributed by atoms with Gasteiger partial charge in [-0.25, -0.2) is 0 Å². The van der Waals surface area contributed by atoms with E-state index in [0.717, 1.165) is 34.1 Å². The van der Waals surface area contributed by atoms with Crippen molar-refractivity contribution in [3.05, 3.63) is 27.2 Å². The molecule has 1 aromatic carbocycles. The lowest BCUT2D eigenvalue weighted by Crippen LogP contribution is -2.25. The summed E-state index contributed by atoms with van der Waals surface area (Å²) in [7, 11) is 1.72. The number of ether oxygens (including phenoxy) is 1. The highest BCUT2D eigenvalue weighted by Gasteiger charge is 2.23.